The van der Waals surface area contributed by atoms with Gasteiger partial charge in [-0.15, -0.1) is 0 Å². The maximum Gasteiger partial charge on any atom is 0.241 e. The van der Waals surface area contributed by atoms with Gasteiger partial charge in [0.15, 0.2) is 0 Å². The second kappa shape index (κ2) is 3.18. The van der Waals surface area contributed by atoms with Gasteiger partial charge < -0.3 is 4.74 Å². The third kappa shape index (κ3) is 1.06. The number of aryl methyl sites for hydroxylation is 1. The molecule has 2 bridgehead atoms. The van der Waals surface area contributed by atoms with Crippen molar-refractivity contribution in [2.24, 2.45) is 17.3 Å². The second-order valence-corrected chi connectivity index (χ2v) is 5.98. The van der Waals surface area contributed by atoms with Gasteiger partial charge in [0.25, 0.3) is 0 Å². The lowest BCUT2D eigenvalue weighted by atomic mass is 9.55. The van der Waals surface area contributed by atoms with Crippen LogP contribution in [0.3, 0.4) is 0 Å². The highest BCUT2D eigenvalue weighted by atomic mass is 16.5. The molecule has 3 atom stereocenters. The van der Waals surface area contributed by atoms with Gasteiger partial charge in [0, 0.05) is 5.92 Å². The van der Waals surface area contributed by atoms with Crippen molar-refractivity contribution >= 4 is 17.5 Å². The molecule has 4 rings (SSSR count). The van der Waals surface area contributed by atoms with Gasteiger partial charge in [0.1, 0.15) is 5.75 Å². The normalized spacial score (nSPS) is 35.2. The number of amides is 2. The molecule has 0 radical (unpaired) electrons. The molecule has 2 aliphatic heterocycles. The Labute approximate surface area is 111 Å². The van der Waals surface area contributed by atoms with Crippen molar-refractivity contribution in [1.82, 2.24) is 0 Å². The molecule has 0 unspecified atom stereocenters. The number of rotatable bonds is 0. The molecule has 1 aromatic carbocycles. The van der Waals surface area contributed by atoms with Gasteiger partial charge in [0.2, 0.25) is 11.8 Å². The number of carbonyl (C=O) groups excluding carboxylic acids is 2. The number of para-hydroxylation sites is 1. The summed E-state index contributed by atoms with van der Waals surface area (Å²) in [6.45, 7) is 4.35. The fourth-order valence-corrected chi connectivity index (χ4v) is 3.75. The van der Waals surface area contributed by atoms with E-state index >= 15 is 0 Å². The molecule has 0 N–H and O–H groups in total. The lowest BCUT2D eigenvalue weighted by molar-refractivity contribution is -0.144. The highest BCUT2D eigenvalue weighted by Crippen LogP contribution is 2.60. The highest BCUT2D eigenvalue weighted by Gasteiger charge is 2.68. The van der Waals surface area contributed by atoms with Crippen molar-refractivity contribution in [3.63, 3.8) is 0 Å². The Hall–Kier alpha value is -1.84. The summed E-state index contributed by atoms with van der Waals surface area (Å²) in [4.78, 5) is 26.6. The average Bonchev–Trinajstić information content (AvgIpc) is 2.57. The molecule has 1 saturated carbocycles. The topological polar surface area (TPSA) is 46.6 Å². The van der Waals surface area contributed by atoms with Crippen LogP contribution in [0.5, 0.6) is 5.75 Å². The van der Waals surface area contributed by atoms with Crippen LogP contribution in [0.15, 0.2) is 18.2 Å². The summed E-state index contributed by atoms with van der Waals surface area (Å²) in [6, 6.07) is 5.63. The molecule has 3 aliphatic rings. The first-order valence-corrected chi connectivity index (χ1v) is 6.66. The highest BCUT2D eigenvalue weighted by molar-refractivity contribution is 6.25. The SMILES string of the molecule is Cc1cccc2c1N1C(=O)[C@H]3C[C@@H](CO2)[C@@]3(C)C1=O. The Kier molecular flexibility index (Phi) is 1.85. The van der Waals surface area contributed by atoms with Gasteiger partial charge in [-0.2, -0.15) is 0 Å². The Morgan fingerprint density at radius 2 is 2.16 bits per heavy atom. The van der Waals surface area contributed by atoms with E-state index in [9.17, 15) is 9.59 Å². The van der Waals surface area contributed by atoms with Crippen LogP contribution in [0.25, 0.3) is 0 Å². The summed E-state index contributed by atoms with van der Waals surface area (Å²) in [6.07, 6.45) is 0.768. The molecule has 19 heavy (non-hydrogen) atoms. The van der Waals surface area contributed by atoms with E-state index in [-0.39, 0.29) is 23.7 Å². The summed E-state index contributed by atoms with van der Waals surface area (Å²) < 4.78 is 5.86. The summed E-state index contributed by atoms with van der Waals surface area (Å²) in [5.74, 6) is 0.561. The number of carbonyl (C=O) groups is 2. The van der Waals surface area contributed by atoms with E-state index in [0.29, 0.717) is 18.0 Å². The Bertz CT molecular complexity index is 624. The van der Waals surface area contributed by atoms with E-state index in [1.165, 1.54) is 4.90 Å². The predicted octanol–water partition coefficient (Wildman–Crippen LogP) is 1.90. The maximum absolute atomic E-state index is 12.7. The second-order valence-electron chi connectivity index (χ2n) is 5.98. The van der Waals surface area contributed by atoms with Crippen LogP contribution in [0, 0.1) is 24.2 Å². The van der Waals surface area contributed by atoms with Crippen LogP contribution >= 0.6 is 0 Å². The van der Waals surface area contributed by atoms with Gasteiger partial charge in [-0.1, -0.05) is 12.1 Å². The number of hydrogen-bond donors (Lipinski definition) is 0. The molecule has 1 aromatic rings. The Balaban J connectivity index is 1.98. The van der Waals surface area contributed by atoms with E-state index in [1.807, 2.05) is 32.0 Å². The summed E-state index contributed by atoms with van der Waals surface area (Å²) in [5.41, 5.74) is 1.01. The van der Waals surface area contributed by atoms with Crippen molar-refractivity contribution in [2.45, 2.75) is 20.3 Å². The van der Waals surface area contributed by atoms with Crippen LogP contribution in [-0.2, 0) is 9.59 Å². The van der Waals surface area contributed by atoms with Crippen molar-refractivity contribution in [3.05, 3.63) is 23.8 Å². The van der Waals surface area contributed by atoms with Gasteiger partial charge >= 0.3 is 0 Å². The van der Waals surface area contributed by atoms with Gasteiger partial charge in [-0.3, -0.25) is 9.59 Å². The number of benzene rings is 1. The molecule has 0 aromatic heterocycles. The molecule has 0 spiro atoms. The summed E-state index contributed by atoms with van der Waals surface area (Å²) >= 11 is 0. The monoisotopic (exact) mass is 257 g/mol. The first kappa shape index (κ1) is 11.0. The number of imide groups is 1. The van der Waals surface area contributed by atoms with Crippen LogP contribution in [0.1, 0.15) is 18.9 Å². The van der Waals surface area contributed by atoms with Crippen molar-refractivity contribution in [2.75, 3.05) is 11.5 Å². The molecule has 4 heteroatoms. The third-order valence-electron chi connectivity index (χ3n) is 5.14. The number of ether oxygens (including phenoxy) is 1. The first-order chi connectivity index (χ1) is 9.05. The van der Waals surface area contributed by atoms with Gasteiger partial charge in [-0.25, -0.2) is 4.90 Å². The summed E-state index contributed by atoms with van der Waals surface area (Å²) in [5, 5.41) is 0. The quantitative estimate of drug-likeness (QED) is 0.667. The van der Waals surface area contributed by atoms with Crippen LogP contribution < -0.4 is 9.64 Å². The molecule has 1 aliphatic carbocycles. The molecule has 2 amide bonds. The zero-order valence-electron chi connectivity index (χ0n) is 11.0. The lowest BCUT2D eigenvalue weighted by Crippen LogP contribution is -2.52. The van der Waals surface area contributed by atoms with Crippen molar-refractivity contribution < 1.29 is 14.3 Å². The van der Waals surface area contributed by atoms with Crippen LogP contribution in [0.2, 0.25) is 0 Å². The van der Waals surface area contributed by atoms with Crippen molar-refractivity contribution in [3.8, 4) is 5.75 Å². The maximum atomic E-state index is 12.7. The fraction of sp³-hybridized carbons (Fsp3) is 0.467. The zero-order chi connectivity index (χ0) is 13.4. The Morgan fingerprint density at radius 3 is 2.95 bits per heavy atom. The van der Waals surface area contributed by atoms with E-state index in [4.69, 9.17) is 4.74 Å². The van der Waals surface area contributed by atoms with Crippen molar-refractivity contribution in [1.29, 1.82) is 0 Å². The van der Waals surface area contributed by atoms with Gasteiger partial charge in [0.05, 0.1) is 23.6 Å². The molecule has 98 valence electrons. The smallest absolute Gasteiger partial charge is 0.241 e. The molecule has 4 nitrogen and oxygen atoms in total. The van der Waals surface area contributed by atoms with E-state index in [1.54, 1.807) is 0 Å². The third-order valence-corrected chi connectivity index (χ3v) is 5.14. The number of hydrogen-bond acceptors (Lipinski definition) is 3. The minimum atomic E-state index is -0.545. The largest absolute Gasteiger partial charge is 0.491 e. The lowest BCUT2D eigenvalue weighted by Gasteiger charge is -2.46. The van der Waals surface area contributed by atoms with E-state index < -0.39 is 5.41 Å². The van der Waals surface area contributed by atoms with Gasteiger partial charge in [-0.05, 0) is 31.9 Å². The number of fused-ring (bicyclic) bond motifs is 3. The minimum absolute atomic E-state index is 0.0439. The van der Waals surface area contributed by atoms with Crippen LogP contribution in [0.4, 0.5) is 5.69 Å². The first-order valence-electron chi connectivity index (χ1n) is 6.66. The average molecular weight is 257 g/mol. The number of anilines is 1. The zero-order valence-corrected chi connectivity index (χ0v) is 11.0. The van der Waals surface area contributed by atoms with E-state index in [2.05, 4.69) is 0 Å². The van der Waals surface area contributed by atoms with Crippen LogP contribution in [-0.4, -0.2) is 18.4 Å². The van der Waals surface area contributed by atoms with E-state index in [0.717, 1.165) is 12.0 Å². The molecular weight excluding hydrogens is 242 g/mol. The molecule has 2 heterocycles. The Morgan fingerprint density at radius 1 is 1.37 bits per heavy atom. The number of nitrogens with zero attached hydrogens (tertiary/aromatic N) is 1. The predicted molar refractivity (Wildman–Crippen MR) is 68.9 cm³/mol. The molecule has 1 saturated heterocycles. The minimum Gasteiger partial charge on any atom is -0.491 e. The summed E-state index contributed by atoms with van der Waals surface area (Å²) in [7, 11) is 0. The fourth-order valence-electron chi connectivity index (χ4n) is 3.75. The standard InChI is InChI=1S/C15H15NO3/c1-8-4-3-5-11-12(8)16-13(17)10-6-9(7-19-11)15(10,2)14(16)18/h3-5,9-10H,6-7H2,1-2H3/t9-,10+,15+/m0/s1. The molecular formula is C15H15NO3. The molecule has 2 fully saturated rings.